The minimum atomic E-state index is 0.148. The van der Waals surface area contributed by atoms with Crippen LogP contribution in [0.4, 0.5) is 0 Å². The first-order chi connectivity index (χ1) is 6.34. The summed E-state index contributed by atoms with van der Waals surface area (Å²) in [5.41, 5.74) is 6.02. The molecule has 0 radical (unpaired) electrons. The van der Waals surface area contributed by atoms with Crippen LogP contribution in [0.3, 0.4) is 0 Å². The lowest BCUT2D eigenvalue weighted by molar-refractivity contribution is 0.0901. The molecule has 2 N–H and O–H groups in total. The Labute approximate surface area is 89.9 Å². The summed E-state index contributed by atoms with van der Waals surface area (Å²) in [6, 6.07) is 0. The summed E-state index contributed by atoms with van der Waals surface area (Å²) in [6.07, 6.45) is 1.25. The van der Waals surface area contributed by atoms with Gasteiger partial charge in [0.05, 0.1) is 0 Å². The van der Waals surface area contributed by atoms with E-state index in [0.29, 0.717) is 5.92 Å². The molecule has 0 amide bonds. The molecule has 0 spiro atoms. The molecule has 0 aliphatic rings. The highest BCUT2D eigenvalue weighted by Crippen LogP contribution is 2.22. The van der Waals surface area contributed by atoms with Gasteiger partial charge in [0.1, 0.15) is 0 Å². The Morgan fingerprint density at radius 3 is 2.00 bits per heavy atom. The molecule has 0 aromatic rings. The normalized spacial score (nSPS) is 16.7. The Morgan fingerprint density at radius 2 is 1.71 bits per heavy atom. The van der Waals surface area contributed by atoms with E-state index >= 15 is 0 Å². The van der Waals surface area contributed by atoms with Gasteiger partial charge in [-0.3, -0.25) is 4.90 Å². The zero-order valence-electron chi connectivity index (χ0n) is 10.8. The molecule has 86 valence electrons. The number of nitrogens with two attached hydrogens (primary N) is 1. The van der Waals surface area contributed by atoms with Gasteiger partial charge in [0.25, 0.3) is 0 Å². The van der Waals surface area contributed by atoms with Gasteiger partial charge in [0.2, 0.25) is 0 Å². The summed E-state index contributed by atoms with van der Waals surface area (Å²) in [5, 5.41) is 0. The molecule has 1 atom stereocenters. The molecule has 0 aromatic carbocycles. The topological polar surface area (TPSA) is 29.3 Å². The lowest BCUT2D eigenvalue weighted by atomic mass is 9.86. The van der Waals surface area contributed by atoms with Gasteiger partial charge in [-0.1, -0.05) is 27.7 Å². The lowest BCUT2D eigenvalue weighted by Crippen LogP contribution is -2.53. The molecule has 0 fully saturated rings. The average molecular weight is 200 g/mol. The molecule has 2 nitrogen and oxygen atoms in total. The van der Waals surface area contributed by atoms with E-state index in [1.54, 1.807) is 0 Å². The summed E-state index contributed by atoms with van der Waals surface area (Å²) in [7, 11) is 2.19. The number of rotatable bonds is 6. The smallest absolute Gasteiger partial charge is 0.0323 e. The predicted molar refractivity (Wildman–Crippen MR) is 64.4 cm³/mol. The second kappa shape index (κ2) is 5.72. The van der Waals surface area contributed by atoms with Crippen molar-refractivity contribution in [3.8, 4) is 0 Å². The quantitative estimate of drug-likeness (QED) is 0.713. The summed E-state index contributed by atoms with van der Waals surface area (Å²) >= 11 is 0. The van der Waals surface area contributed by atoms with Crippen LogP contribution in [0.2, 0.25) is 0 Å². The van der Waals surface area contributed by atoms with Crippen molar-refractivity contribution in [3.05, 3.63) is 0 Å². The van der Waals surface area contributed by atoms with E-state index in [-0.39, 0.29) is 5.54 Å². The van der Waals surface area contributed by atoms with Gasteiger partial charge >= 0.3 is 0 Å². The first kappa shape index (κ1) is 13.9. The van der Waals surface area contributed by atoms with Crippen LogP contribution in [-0.2, 0) is 0 Å². The van der Waals surface area contributed by atoms with Crippen LogP contribution >= 0.6 is 0 Å². The van der Waals surface area contributed by atoms with Crippen molar-refractivity contribution in [3.63, 3.8) is 0 Å². The van der Waals surface area contributed by atoms with Gasteiger partial charge in [0.15, 0.2) is 0 Å². The number of likely N-dealkylation sites (N-methyl/N-ethyl adjacent to an activating group) is 1. The van der Waals surface area contributed by atoms with Gasteiger partial charge in [-0.25, -0.2) is 0 Å². The Kier molecular flexibility index (Phi) is 5.68. The molecule has 0 saturated heterocycles. The van der Waals surface area contributed by atoms with E-state index < -0.39 is 0 Å². The molecule has 0 heterocycles. The predicted octanol–water partition coefficient (Wildman–Crippen LogP) is 2.34. The molecule has 0 saturated carbocycles. The van der Waals surface area contributed by atoms with Gasteiger partial charge in [-0.15, -0.1) is 0 Å². The fourth-order valence-electron chi connectivity index (χ4n) is 1.54. The molecule has 0 rings (SSSR count). The second-order valence-corrected chi connectivity index (χ2v) is 5.32. The van der Waals surface area contributed by atoms with Crippen molar-refractivity contribution < 1.29 is 0 Å². The number of hydrogen-bond acceptors (Lipinski definition) is 2. The summed E-state index contributed by atoms with van der Waals surface area (Å²) < 4.78 is 0. The monoisotopic (exact) mass is 200 g/mol. The van der Waals surface area contributed by atoms with E-state index in [9.17, 15) is 0 Å². The van der Waals surface area contributed by atoms with Gasteiger partial charge < -0.3 is 5.73 Å². The van der Waals surface area contributed by atoms with Gasteiger partial charge in [-0.05, 0) is 38.8 Å². The molecule has 0 aliphatic carbocycles. The van der Waals surface area contributed by atoms with Crippen molar-refractivity contribution in [1.29, 1.82) is 0 Å². The van der Waals surface area contributed by atoms with Crippen molar-refractivity contribution in [1.82, 2.24) is 4.90 Å². The van der Waals surface area contributed by atoms with Crippen LogP contribution in [0, 0.1) is 11.8 Å². The fraction of sp³-hybridized carbons (Fsp3) is 1.00. The van der Waals surface area contributed by atoms with E-state index in [1.165, 1.54) is 6.42 Å². The third kappa shape index (κ3) is 3.58. The number of nitrogens with zero attached hydrogens (tertiary/aromatic N) is 1. The molecular weight excluding hydrogens is 172 g/mol. The van der Waals surface area contributed by atoms with Crippen LogP contribution in [0.15, 0.2) is 0 Å². The Balaban J connectivity index is 4.24. The van der Waals surface area contributed by atoms with Gasteiger partial charge in [0, 0.05) is 12.1 Å². The van der Waals surface area contributed by atoms with Crippen LogP contribution < -0.4 is 5.73 Å². The molecule has 0 aromatic heterocycles. The van der Waals surface area contributed by atoms with Gasteiger partial charge in [-0.2, -0.15) is 0 Å². The first-order valence-electron chi connectivity index (χ1n) is 5.76. The van der Waals surface area contributed by atoms with Crippen LogP contribution in [0.1, 0.15) is 41.0 Å². The molecule has 1 unspecified atom stereocenters. The van der Waals surface area contributed by atoms with E-state index in [1.807, 2.05) is 0 Å². The minimum absolute atomic E-state index is 0.148. The third-order valence-electron chi connectivity index (χ3n) is 3.57. The highest BCUT2D eigenvalue weighted by Gasteiger charge is 2.30. The van der Waals surface area contributed by atoms with Crippen molar-refractivity contribution in [2.75, 3.05) is 20.1 Å². The Hall–Kier alpha value is -0.0800. The van der Waals surface area contributed by atoms with E-state index in [4.69, 9.17) is 5.73 Å². The molecule has 2 heteroatoms. The Morgan fingerprint density at radius 1 is 1.21 bits per heavy atom. The van der Waals surface area contributed by atoms with Crippen molar-refractivity contribution in [2.45, 2.75) is 46.6 Å². The highest BCUT2D eigenvalue weighted by molar-refractivity contribution is 4.88. The second-order valence-electron chi connectivity index (χ2n) is 5.32. The molecular formula is C12H28N2. The molecule has 0 bridgehead atoms. The van der Waals surface area contributed by atoms with Crippen molar-refractivity contribution >= 4 is 0 Å². The molecule has 14 heavy (non-hydrogen) atoms. The first-order valence-corrected chi connectivity index (χ1v) is 5.76. The zero-order valence-corrected chi connectivity index (χ0v) is 10.8. The van der Waals surface area contributed by atoms with Crippen LogP contribution in [0.5, 0.6) is 0 Å². The highest BCUT2D eigenvalue weighted by atomic mass is 15.2. The van der Waals surface area contributed by atoms with Crippen molar-refractivity contribution in [2.24, 2.45) is 17.6 Å². The largest absolute Gasteiger partial charge is 0.329 e. The SMILES string of the molecule is CC(C)CCN(C)C(C)(CN)C(C)C. The number of hydrogen-bond donors (Lipinski definition) is 1. The van der Waals surface area contributed by atoms with Crippen LogP contribution in [0.25, 0.3) is 0 Å². The lowest BCUT2D eigenvalue weighted by Gasteiger charge is -2.42. The van der Waals surface area contributed by atoms with E-state index in [2.05, 4.69) is 46.6 Å². The Bertz CT molecular complexity index is 154. The summed E-state index contributed by atoms with van der Waals surface area (Å²) in [4.78, 5) is 2.41. The fourth-order valence-corrected chi connectivity index (χ4v) is 1.54. The molecule has 0 aliphatic heterocycles. The maximum atomic E-state index is 5.87. The van der Waals surface area contributed by atoms with E-state index in [0.717, 1.165) is 19.0 Å². The average Bonchev–Trinajstić information content (AvgIpc) is 2.12. The summed E-state index contributed by atoms with van der Waals surface area (Å²) in [5.74, 6) is 1.37. The third-order valence-corrected chi connectivity index (χ3v) is 3.57. The minimum Gasteiger partial charge on any atom is -0.329 e. The standard InChI is InChI=1S/C12H28N2/c1-10(2)7-8-14(6)12(5,9-13)11(3)4/h10-11H,7-9,13H2,1-6H3. The summed E-state index contributed by atoms with van der Waals surface area (Å²) in [6.45, 7) is 13.2. The maximum absolute atomic E-state index is 5.87. The zero-order chi connectivity index (χ0) is 11.4. The maximum Gasteiger partial charge on any atom is 0.0323 e. The van der Waals surface area contributed by atoms with Crippen LogP contribution in [-0.4, -0.2) is 30.6 Å².